The number of nitrogens with two attached hydrogens (primary N) is 2. The Balaban J connectivity index is 1.89. The predicted octanol–water partition coefficient (Wildman–Crippen LogP) is 2.13. The lowest BCUT2D eigenvalue weighted by molar-refractivity contribution is 0.302. The molecule has 3 rings (SSSR count). The van der Waals surface area contributed by atoms with Gasteiger partial charge in [-0.3, -0.25) is 4.99 Å². The largest absolute Gasteiger partial charge is 0.490 e. The van der Waals surface area contributed by atoms with Crippen LogP contribution in [-0.2, 0) is 0 Å². The summed E-state index contributed by atoms with van der Waals surface area (Å²) in [6.45, 7) is 1.56. The fraction of sp³-hybridized carbons (Fsp3) is 0.368. The molecule has 9 nitrogen and oxygen atoms in total. The number of hydrogen-bond acceptors (Lipinski definition) is 9. The van der Waals surface area contributed by atoms with E-state index < -0.39 is 6.17 Å². The zero-order valence-corrected chi connectivity index (χ0v) is 16.0. The minimum atomic E-state index is -1.35. The number of halogens is 1. The molecule has 0 radical (unpaired) electrons. The first kappa shape index (κ1) is 20.5. The third-order valence-electron chi connectivity index (χ3n) is 4.01. The first-order valence-electron chi connectivity index (χ1n) is 9.25. The molecular formula is C19H24FN7O2. The second-order valence-corrected chi connectivity index (χ2v) is 6.54. The smallest absolute Gasteiger partial charge is 0.166 e. The minimum absolute atomic E-state index is 0.00739. The maximum Gasteiger partial charge on any atom is 0.166 e. The van der Waals surface area contributed by atoms with Gasteiger partial charge in [0.1, 0.15) is 23.2 Å². The molecule has 10 heteroatoms. The highest BCUT2D eigenvalue weighted by Crippen LogP contribution is 2.33. The molecule has 2 aromatic rings. The van der Waals surface area contributed by atoms with E-state index in [1.54, 1.807) is 18.5 Å². The van der Waals surface area contributed by atoms with E-state index >= 15 is 0 Å². The molecule has 1 unspecified atom stereocenters. The molecule has 1 saturated carbocycles. The molecule has 1 atom stereocenters. The number of aliphatic imine (C=N–C) groups is 1. The van der Waals surface area contributed by atoms with Crippen LogP contribution < -0.4 is 21.5 Å². The van der Waals surface area contributed by atoms with Gasteiger partial charge >= 0.3 is 0 Å². The summed E-state index contributed by atoms with van der Waals surface area (Å²) in [4.78, 5) is 16.5. The van der Waals surface area contributed by atoms with Gasteiger partial charge in [0.2, 0.25) is 0 Å². The first-order valence-corrected chi connectivity index (χ1v) is 9.25. The number of rotatable bonds is 9. The summed E-state index contributed by atoms with van der Waals surface area (Å²) < 4.78 is 19.6. The lowest BCUT2D eigenvalue weighted by atomic mass is 10.1. The number of nitrogens with one attached hydrogen (secondary N) is 1. The summed E-state index contributed by atoms with van der Waals surface area (Å²) >= 11 is 0. The third kappa shape index (κ3) is 5.61. The van der Waals surface area contributed by atoms with Gasteiger partial charge in [0.05, 0.1) is 19.3 Å². The Morgan fingerprint density at radius 2 is 2.21 bits per heavy atom. The number of aromatic nitrogens is 3. The molecule has 0 bridgehead atoms. The maximum atomic E-state index is 13.6. The molecule has 1 aliphatic carbocycles. The Kier molecular flexibility index (Phi) is 6.55. The second kappa shape index (κ2) is 9.28. The average molecular weight is 401 g/mol. The van der Waals surface area contributed by atoms with Gasteiger partial charge in [0, 0.05) is 41.9 Å². The van der Waals surface area contributed by atoms with Crippen LogP contribution in [0.15, 0.2) is 29.5 Å². The number of anilines is 3. The maximum absolute atomic E-state index is 13.6. The number of nitrogen functional groups attached to an aromatic ring is 1. The molecule has 29 heavy (non-hydrogen) atoms. The minimum Gasteiger partial charge on any atom is -0.490 e. The molecule has 2 heterocycles. The molecule has 154 valence electrons. The van der Waals surface area contributed by atoms with Crippen molar-refractivity contribution in [2.45, 2.75) is 32.0 Å². The van der Waals surface area contributed by atoms with Crippen molar-refractivity contribution in [1.29, 1.82) is 0 Å². The predicted molar refractivity (Wildman–Crippen MR) is 110 cm³/mol. The molecular weight excluding hydrogens is 377 g/mol. The van der Waals surface area contributed by atoms with Crippen LogP contribution in [0.1, 0.15) is 37.3 Å². The van der Waals surface area contributed by atoms with E-state index in [-0.39, 0.29) is 30.9 Å². The first-order chi connectivity index (χ1) is 14.0. The number of aliphatic hydroxyl groups excluding tert-OH is 1. The van der Waals surface area contributed by atoms with Crippen molar-refractivity contribution in [2.24, 2.45) is 10.7 Å². The molecule has 0 spiro atoms. The van der Waals surface area contributed by atoms with Crippen LogP contribution >= 0.6 is 0 Å². The van der Waals surface area contributed by atoms with Crippen molar-refractivity contribution in [1.82, 2.24) is 15.0 Å². The zero-order chi connectivity index (χ0) is 20.8. The van der Waals surface area contributed by atoms with E-state index in [0.29, 0.717) is 28.5 Å². The number of hydrogen-bond donors (Lipinski definition) is 4. The summed E-state index contributed by atoms with van der Waals surface area (Å²) in [6, 6.07) is 3.21. The summed E-state index contributed by atoms with van der Waals surface area (Å²) in [7, 11) is 0. The highest BCUT2D eigenvalue weighted by atomic mass is 19.1. The van der Waals surface area contributed by atoms with E-state index in [0.717, 1.165) is 12.8 Å². The quantitative estimate of drug-likeness (QED) is 0.468. The molecule has 0 aromatic carbocycles. The van der Waals surface area contributed by atoms with Crippen molar-refractivity contribution in [3.05, 3.63) is 35.9 Å². The summed E-state index contributed by atoms with van der Waals surface area (Å²) in [5, 5.41) is 11.9. The Morgan fingerprint density at radius 3 is 2.86 bits per heavy atom. The molecule has 0 aliphatic heterocycles. The Labute approximate surface area is 167 Å². The van der Waals surface area contributed by atoms with Crippen molar-refractivity contribution in [2.75, 3.05) is 24.2 Å². The SMILES string of the molecule is CC(F)c1nc(N)cc(Nc2cc(OC3CC3)c(/C(C=NCCO)=C/N)cn2)n1. The van der Waals surface area contributed by atoms with Gasteiger partial charge < -0.3 is 26.6 Å². The van der Waals surface area contributed by atoms with Gasteiger partial charge in [0.15, 0.2) is 12.0 Å². The fourth-order valence-corrected chi connectivity index (χ4v) is 2.47. The zero-order valence-electron chi connectivity index (χ0n) is 16.0. The lowest BCUT2D eigenvalue weighted by Crippen LogP contribution is -2.07. The third-order valence-corrected chi connectivity index (χ3v) is 4.01. The van der Waals surface area contributed by atoms with Gasteiger partial charge in [-0.1, -0.05) is 0 Å². The normalized spacial score (nSPS) is 15.5. The average Bonchev–Trinajstić information content (AvgIpc) is 3.50. The Bertz CT molecular complexity index is 913. The van der Waals surface area contributed by atoms with E-state index in [1.807, 2.05) is 0 Å². The number of ether oxygens (including phenoxy) is 1. The molecule has 2 aromatic heterocycles. The van der Waals surface area contributed by atoms with Gasteiger partial charge in [-0.05, 0) is 19.8 Å². The standard InChI is InChI=1S/C19H24FN7O2/c1-11(20)19-25-16(22)7-18(27-19)26-17-6-15(29-13-2-3-13)14(10-24-17)12(8-21)9-23-4-5-28/h6-11,13,28H,2-5,21H2,1H3,(H3,22,24,25,26,27)/b12-8+,23-9?. The van der Waals surface area contributed by atoms with E-state index in [9.17, 15) is 4.39 Å². The van der Waals surface area contributed by atoms with Crippen molar-refractivity contribution < 1.29 is 14.2 Å². The summed E-state index contributed by atoms with van der Waals surface area (Å²) in [5.74, 6) is 1.50. The molecule has 0 saturated heterocycles. The van der Waals surface area contributed by atoms with Crippen LogP contribution in [0.4, 0.5) is 21.8 Å². The molecule has 1 fully saturated rings. The molecule has 1 aliphatic rings. The topological polar surface area (TPSA) is 145 Å². The number of allylic oxidation sites excluding steroid dienone is 1. The van der Waals surface area contributed by atoms with Crippen molar-refractivity contribution in [3.8, 4) is 5.75 Å². The van der Waals surface area contributed by atoms with Gasteiger partial charge in [-0.15, -0.1) is 0 Å². The van der Waals surface area contributed by atoms with Crippen LogP contribution in [0, 0.1) is 0 Å². The highest BCUT2D eigenvalue weighted by molar-refractivity contribution is 6.10. The van der Waals surface area contributed by atoms with Crippen LogP contribution in [0.25, 0.3) is 5.57 Å². The fourth-order valence-electron chi connectivity index (χ4n) is 2.47. The van der Waals surface area contributed by atoms with Gasteiger partial charge in [0.25, 0.3) is 0 Å². The van der Waals surface area contributed by atoms with Gasteiger partial charge in [-0.2, -0.15) is 0 Å². The molecule has 0 amide bonds. The van der Waals surface area contributed by atoms with Crippen LogP contribution in [0.5, 0.6) is 5.75 Å². The number of aliphatic hydroxyl groups is 1. The summed E-state index contributed by atoms with van der Waals surface area (Å²) in [6.07, 6.45) is 5.33. The Hall–Kier alpha value is -3.27. The number of nitrogens with zero attached hydrogens (tertiary/aromatic N) is 4. The highest BCUT2D eigenvalue weighted by Gasteiger charge is 2.25. The van der Waals surface area contributed by atoms with Crippen LogP contribution in [-0.4, -0.2) is 45.5 Å². The molecule has 6 N–H and O–H groups in total. The van der Waals surface area contributed by atoms with Crippen molar-refractivity contribution in [3.63, 3.8) is 0 Å². The lowest BCUT2D eigenvalue weighted by Gasteiger charge is -2.14. The van der Waals surface area contributed by atoms with Crippen molar-refractivity contribution >= 4 is 29.2 Å². The van der Waals surface area contributed by atoms with E-state index in [1.165, 1.54) is 19.2 Å². The van der Waals surface area contributed by atoms with Gasteiger partial charge in [-0.25, -0.2) is 19.3 Å². The van der Waals surface area contributed by atoms with Crippen LogP contribution in [0.2, 0.25) is 0 Å². The summed E-state index contributed by atoms with van der Waals surface area (Å²) in [5.41, 5.74) is 12.8. The number of alkyl halides is 1. The monoisotopic (exact) mass is 401 g/mol. The van der Waals surface area contributed by atoms with Crippen LogP contribution in [0.3, 0.4) is 0 Å². The number of pyridine rings is 1. The van der Waals surface area contributed by atoms with E-state index in [2.05, 4.69) is 25.3 Å². The van der Waals surface area contributed by atoms with E-state index in [4.69, 9.17) is 21.3 Å². The Morgan fingerprint density at radius 1 is 1.41 bits per heavy atom. The second-order valence-electron chi connectivity index (χ2n) is 6.54.